The molecule has 2 rings (SSSR count). The van der Waals surface area contributed by atoms with Gasteiger partial charge in [-0.1, -0.05) is 29.8 Å². The van der Waals surface area contributed by atoms with Crippen molar-refractivity contribution in [3.63, 3.8) is 0 Å². The molecule has 1 heterocycles. The summed E-state index contributed by atoms with van der Waals surface area (Å²) >= 11 is 5.75. The van der Waals surface area contributed by atoms with Gasteiger partial charge in [-0.3, -0.25) is 0 Å². The van der Waals surface area contributed by atoms with E-state index in [0.29, 0.717) is 0 Å². The second kappa shape index (κ2) is 2.92. The number of rotatable bonds is 2. The maximum atomic E-state index is 5.75. The molecule has 0 radical (unpaired) electrons. The molecule has 1 aromatic rings. The van der Waals surface area contributed by atoms with E-state index in [2.05, 4.69) is 6.58 Å². The van der Waals surface area contributed by atoms with Crippen LogP contribution in [0.25, 0.3) is 0 Å². The lowest BCUT2D eigenvalue weighted by molar-refractivity contribution is 0.394. The molecule has 1 aliphatic rings. The van der Waals surface area contributed by atoms with Crippen molar-refractivity contribution >= 4 is 11.6 Å². The Bertz CT molecular complexity index is 291. The van der Waals surface area contributed by atoms with Gasteiger partial charge in [0.1, 0.15) is 12.2 Å². The minimum absolute atomic E-state index is 0.200. The first-order chi connectivity index (χ1) is 5.81. The minimum Gasteiger partial charge on any atom is -0.360 e. The normalized spacial score (nSPS) is 26.8. The molecule has 0 saturated carbocycles. The molecule has 1 aromatic carbocycles. The Balaban J connectivity index is 2.15. The number of ether oxygens (including phenoxy) is 1. The summed E-state index contributed by atoms with van der Waals surface area (Å²) in [6.45, 7) is 3.66. The molecular formula is C10H9ClO. The van der Waals surface area contributed by atoms with Crippen molar-refractivity contribution in [3.05, 3.63) is 47.5 Å². The van der Waals surface area contributed by atoms with Gasteiger partial charge in [-0.15, -0.1) is 6.58 Å². The Hall–Kier alpha value is -0.790. The average Bonchev–Trinajstić information content (AvgIpc) is 2.85. The number of halogens is 1. The molecule has 0 amide bonds. The van der Waals surface area contributed by atoms with Gasteiger partial charge >= 0.3 is 0 Å². The van der Waals surface area contributed by atoms with Gasteiger partial charge in [0, 0.05) is 5.02 Å². The summed E-state index contributed by atoms with van der Waals surface area (Å²) in [4.78, 5) is 0. The van der Waals surface area contributed by atoms with Crippen LogP contribution in [-0.2, 0) is 4.74 Å². The third kappa shape index (κ3) is 1.38. The molecule has 0 aliphatic carbocycles. The van der Waals surface area contributed by atoms with Crippen molar-refractivity contribution in [1.82, 2.24) is 0 Å². The topological polar surface area (TPSA) is 12.5 Å². The standard InChI is InChI=1S/C10H9ClO/c1-2-9-10(12-9)7-3-5-8(11)6-4-7/h2-6,9-10H,1H2/t9-,10-/m1/s1. The van der Waals surface area contributed by atoms with E-state index in [4.69, 9.17) is 16.3 Å². The number of hydrogen-bond donors (Lipinski definition) is 0. The van der Waals surface area contributed by atoms with Crippen LogP contribution in [0.3, 0.4) is 0 Å². The average molecular weight is 181 g/mol. The van der Waals surface area contributed by atoms with E-state index in [0.717, 1.165) is 5.02 Å². The first kappa shape index (κ1) is 7.84. The van der Waals surface area contributed by atoms with E-state index in [1.165, 1.54) is 5.56 Å². The summed E-state index contributed by atoms with van der Waals surface area (Å²) in [6.07, 6.45) is 2.23. The lowest BCUT2D eigenvalue weighted by Crippen LogP contribution is -1.82. The first-order valence-corrected chi connectivity index (χ1v) is 4.22. The monoisotopic (exact) mass is 180 g/mol. The minimum atomic E-state index is 0.200. The Kier molecular flexibility index (Phi) is 1.91. The Morgan fingerprint density at radius 1 is 1.33 bits per heavy atom. The molecule has 0 unspecified atom stereocenters. The van der Waals surface area contributed by atoms with Crippen LogP contribution in [0.2, 0.25) is 5.02 Å². The molecule has 0 aromatic heterocycles. The molecule has 1 aliphatic heterocycles. The van der Waals surface area contributed by atoms with Gasteiger partial charge in [-0.2, -0.15) is 0 Å². The van der Waals surface area contributed by atoms with E-state index < -0.39 is 0 Å². The van der Waals surface area contributed by atoms with Gasteiger partial charge in [-0.25, -0.2) is 0 Å². The number of benzene rings is 1. The van der Waals surface area contributed by atoms with Gasteiger partial charge in [0.15, 0.2) is 0 Å². The molecule has 2 atom stereocenters. The quantitative estimate of drug-likeness (QED) is 0.504. The zero-order valence-electron chi connectivity index (χ0n) is 6.53. The molecule has 0 bridgehead atoms. The van der Waals surface area contributed by atoms with Crippen molar-refractivity contribution in [2.75, 3.05) is 0 Å². The highest BCUT2D eigenvalue weighted by Crippen LogP contribution is 2.39. The fraction of sp³-hybridized carbons (Fsp3) is 0.200. The van der Waals surface area contributed by atoms with Crippen LogP contribution in [0, 0.1) is 0 Å². The van der Waals surface area contributed by atoms with E-state index >= 15 is 0 Å². The lowest BCUT2D eigenvalue weighted by Gasteiger charge is -1.94. The number of hydrogen-bond acceptors (Lipinski definition) is 1. The van der Waals surface area contributed by atoms with Gasteiger partial charge < -0.3 is 4.74 Å². The van der Waals surface area contributed by atoms with E-state index in [9.17, 15) is 0 Å². The SMILES string of the molecule is C=C[C@H]1O[C@@H]1c1ccc(Cl)cc1. The van der Waals surface area contributed by atoms with Crippen LogP contribution in [-0.4, -0.2) is 6.10 Å². The molecule has 62 valence electrons. The predicted molar refractivity (Wildman–Crippen MR) is 49.3 cm³/mol. The predicted octanol–water partition coefficient (Wildman–Crippen LogP) is 2.97. The third-order valence-corrected chi connectivity index (χ3v) is 2.21. The summed E-state index contributed by atoms with van der Waals surface area (Å²) < 4.78 is 5.33. The van der Waals surface area contributed by atoms with Crippen molar-refractivity contribution in [2.24, 2.45) is 0 Å². The van der Waals surface area contributed by atoms with Crippen molar-refractivity contribution < 1.29 is 4.74 Å². The van der Waals surface area contributed by atoms with Gasteiger partial charge in [0.25, 0.3) is 0 Å². The Morgan fingerprint density at radius 2 is 2.00 bits per heavy atom. The molecule has 1 fully saturated rings. The second-order valence-electron chi connectivity index (χ2n) is 2.81. The first-order valence-electron chi connectivity index (χ1n) is 3.85. The van der Waals surface area contributed by atoms with Gasteiger partial charge in [-0.05, 0) is 17.7 Å². The maximum absolute atomic E-state index is 5.75. The maximum Gasteiger partial charge on any atom is 0.113 e. The summed E-state index contributed by atoms with van der Waals surface area (Å²) in [6, 6.07) is 7.71. The van der Waals surface area contributed by atoms with E-state index in [-0.39, 0.29) is 12.2 Å². The fourth-order valence-corrected chi connectivity index (χ4v) is 1.35. The highest BCUT2D eigenvalue weighted by atomic mass is 35.5. The van der Waals surface area contributed by atoms with Crippen LogP contribution >= 0.6 is 11.6 Å². The van der Waals surface area contributed by atoms with Crippen molar-refractivity contribution in [2.45, 2.75) is 12.2 Å². The van der Waals surface area contributed by atoms with Crippen molar-refractivity contribution in [3.8, 4) is 0 Å². The molecule has 12 heavy (non-hydrogen) atoms. The molecule has 1 nitrogen and oxygen atoms in total. The van der Waals surface area contributed by atoms with Gasteiger partial charge in [0.05, 0.1) is 0 Å². The molecule has 0 N–H and O–H groups in total. The van der Waals surface area contributed by atoms with Crippen molar-refractivity contribution in [1.29, 1.82) is 0 Å². The zero-order chi connectivity index (χ0) is 8.55. The van der Waals surface area contributed by atoms with Crippen LogP contribution < -0.4 is 0 Å². The molecule has 2 heteroatoms. The second-order valence-corrected chi connectivity index (χ2v) is 3.24. The largest absolute Gasteiger partial charge is 0.360 e. The lowest BCUT2D eigenvalue weighted by atomic mass is 10.1. The summed E-state index contributed by atoms with van der Waals surface area (Å²) in [5.41, 5.74) is 1.17. The fourth-order valence-electron chi connectivity index (χ4n) is 1.22. The summed E-state index contributed by atoms with van der Waals surface area (Å²) in [7, 11) is 0. The van der Waals surface area contributed by atoms with Gasteiger partial charge in [0.2, 0.25) is 0 Å². The highest BCUT2D eigenvalue weighted by Gasteiger charge is 2.37. The Morgan fingerprint density at radius 3 is 2.50 bits per heavy atom. The van der Waals surface area contributed by atoms with E-state index in [1.54, 1.807) is 0 Å². The summed E-state index contributed by atoms with van der Waals surface area (Å²) in [5, 5.41) is 0.759. The third-order valence-electron chi connectivity index (χ3n) is 1.96. The number of epoxide rings is 1. The van der Waals surface area contributed by atoms with E-state index in [1.807, 2.05) is 30.3 Å². The molecular weight excluding hydrogens is 172 g/mol. The van der Waals surface area contributed by atoms with Crippen LogP contribution in [0.1, 0.15) is 11.7 Å². The highest BCUT2D eigenvalue weighted by molar-refractivity contribution is 6.30. The summed E-state index contributed by atoms with van der Waals surface area (Å²) in [5.74, 6) is 0. The molecule has 0 spiro atoms. The Labute approximate surface area is 76.6 Å². The van der Waals surface area contributed by atoms with Crippen LogP contribution in [0.4, 0.5) is 0 Å². The van der Waals surface area contributed by atoms with Crippen LogP contribution in [0.5, 0.6) is 0 Å². The van der Waals surface area contributed by atoms with Crippen LogP contribution in [0.15, 0.2) is 36.9 Å². The zero-order valence-corrected chi connectivity index (χ0v) is 7.29. The molecule has 1 saturated heterocycles. The smallest absolute Gasteiger partial charge is 0.113 e.